The molecule has 2 nitrogen and oxygen atoms in total. The summed E-state index contributed by atoms with van der Waals surface area (Å²) in [6.45, 7) is 4.23. The summed E-state index contributed by atoms with van der Waals surface area (Å²) < 4.78 is 0. The molecule has 0 aromatic heterocycles. The van der Waals surface area contributed by atoms with Crippen LogP contribution >= 0.6 is 0 Å². The van der Waals surface area contributed by atoms with Crippen LogP contribution in [-0.2, 0) is 0 Å². The third-order valence-electron chi connectivity index (χ3n) is 2.40. The summed E-state index contributed by atoms with van der Waals surface area (Å²) >= 11 is 0. The first-order valence-corrected chi connectivity index (χ1v) is 5.76. The van der Waals surface area contributed by atoms with Crippen molar-refractivity contribution in [3.8, 4) is 0 Å². The quantitative estimate of drug-likeness (QED) is 0.732. The third kappa shape index (κ3) is 4.60. The van der Waals surface area contributed by atoms with E-state index in [1.54, 1.807) is 6.07 Å². The average Bonchev–Trinajstić information content (AvgIpc) is 2.31. The Hall–Kier alpha value is -1.96. The lowest BCUT2D eigenvalue weighted by molar-refractivity contribution is 0.870. The fraction of sp³-hybridized carbons (Fsp3) is 0.200. The van der Waals surface area contributed by atoms with E-state index in [1.165, 1.54) is 5.56 Å². The number of benzene rings is 2. The summed E-state index contributed by atoms with van der Waals surface area (Å²) in [6, 6.07) is 17.7. The van der Waals surface area contributed by atoms with E-state index in [9.17, 15) is 0 Å². The van der Waals surface area contributed by atoms with Crippen molar-refractivity contribution in [1.29, 1.82) is 0 Å². The average molecular weight is 228 g/mol. The summed E-state index contributed by atoms with van der Waals surface area (Å²) in [5.41, 5.74) is 14.0. The molecule has 0 saturated carbocycles. The molecule has 0 bridgehead atoms. The first-order valence-electron chi connectivity index (χ1n) is 5.76. The lowest BCUT2D eigenvalue weighted by atomic mass is 10.0. The molecule has 0 aliphatic carbocycles. The van der Waals surface area contributed by atoms with E-state index in [2.05, 4.69) is 13.8 Å². The Kier molecular flexibility index (Phi) is 5.08. The van der Waals surface area contributed by atoms with E-state index >= 15 is 0 Å². The van der Waals surface area contributed by atoms with Crippen LogP contribution in [0.15, 0.2) is 54.6 Å². The van der Waals surface area contributed by atoms with Crippen molar-refractivity contribution < 1.29 is 0 Å². The van der Waals surface area contributed by atoms with Gasteiger partial charge < -0.3 is 11.5 Å². The van der Waals surface area contributed by atoms with E-state index < -0.39 is 0 Å². The van der Waals surface area contributed by atoms with Crippen LogP contribution in [0.5, 0.6) is 0 Å². The van der Waals surface area contributed by atoms with E-state index in [-0.39, 0.29) is 0 Å². The van der Waals surface area contributed by atoms with Crippen LogP contribution in [0.2, 0.25) is 0 Å². The van der Waals surface area contributed by atoms with Crippen molar-refractivity contribution in [3.63, 3.8) is 0 Å². The number of nitrogens with two attached hydrogens (primary N) is 2. The molecule has 4 N–H and O–H groups in total. The van der Waals surface area contributed by atoms with Crippen LogP contribution in [0.25, 0.3) is 0 Å². The van der Waals surface area contributed by atoms with Gasteiger partial charge in [0.05, 0.1) is 0 Å². The maximum atomic E-state index is 5.74. The molecular weight excluding hydrogens is 208 g/mol. The lowest BCUT2D eigenvalue weighted by Crippen LogP contribution is -1.97. The van der Waals surface area contributed by atoms with Gasteiger partial charge in [0.15, 0.2) is 0 Å². The Morgan fingerprint density at radius 3 is 1.65 bits per heavy atom. The Labute approximate surface area is 103 Å². The van der Waals surface area contributed by atoms with E-state index in [4.69, 9.17) is 11.5 Å². The molecular formula is C15H20N2. The molecule has 0 spiro atoms. The highest BCUT2D eigenvalue weighted by molar-refractivity contribution is 5.57. The summed E-state index contributed by atoms with van der Waals surface area (Å²) in [5, 5.41) is 0. The number of hydrogen-bond donors (Lipinski definition) is 2. The van der Waals surface area contributed by atoms with Crippen LogP contribution in [0.4, 0.5) is 11.4 Å². The third-order valence-corrected chi connectivity index (χ3v) is 2.40. The molecule has 2 heteroatoms. The molecule has 0 atom stereocenters. The minimum atomic E-state index is 0.468. The standard InChI is InChI=1S/C9H14N2.C6H6/c1-6(2)8-4-3-7(10)5-9(8)11;1-2-4-6-5-3-1/h3-6H,10-11H2,1-2H3;1-6H. The summed E-state index contributed by atoms with van der Waals surface area (Å²) in [6.07, 6.45) is 0. The fourth-order valence-corrected chi connectivity index (χ4v) is 1.50. The van der Waals surface area contributed by atoms with Crippen molar-refractivity contribution in [2.24, 2.45) is 0 Å². The van der Waals surface area contributed by atoms with Gasteiger partial charge in [-0.2, -0.15) is 0 Å². The van der Waals surface area contributed by atoms with Gasteiger partial charge in [0.25, 0.3) is 0 Å². The van der Waals surface area contributed by atoms with Crippen LogP contribution in [-0.4, -0.2) is 0 Å². The van der Waals surface area contributed by atoms with Crippen molar-refractivity contribution in [1.82, 2.24) is 0 Å². The summed E-state index contributed by atoms with van der Waals surface area (Å²) in [7, 11) is 0. The maximum Gasteiger partial charge on any atom is 0.0369 e. The van der Waals surface area contributed by atoms with Gasteiger partial charge in [0.1, 0.15) is 0 Å². The van der Waals surface area contributed by atoms with Crippen molar-refractivity contribution in [2.45, 2.75) is 19.8 Å². The molecule has 2 rings (SSSR count). The zero-order valence-corrected chi connectivity index (χ0v) is 10.4. The Morgan fingerprint density at radius 2 is 1.29 bits per heavy atom. The zero-order valence-electron chi connectivity index (χ0n) is 10.4. The second-order valence-electron chi connectivity index (χ2n) is 4.20. The molecule has 0 radical (unpaired) electrons. The maximum absolute atomic E-state index is 5.74. The van der Waals surface area contributed by atoms with Gasteiger partial charge in [-0.15, -0.1) is 0 Å². The second kappa shape index (κ2) is 6.59. The monoisotopic (exact) mass is 228 g/mol. The molecule has 0 heterocycles. The van der Waals surface area contributed by atoms with Crippen molar-refractivity contribution in [2.75, 3.05) is 11.5 Å². The summed E-state index contributed by atoms with van der Waals surface area (Å²) in [4.78, 5) is 0. The number of hydrogen-bond acceptors (Lipinski definition) is 2. The highest BCUT2D eigenvalue weighted by Crippen LogP contribution is 2.23. The zero-order chi connectivity index (χ0) is 12.7. The van der Waals surface area contributed by atoms with Crippen LogP contribution in [0, 0.1) is 0 Å². The highest BCUT2D eigenvalue weighted by Gasteiger charge is 2.02. The predicted molar refractivity (Wildman–Crippen MR) is 75.8 cm³/mol. The molecule has 2 aromatic rings. The Morgan fingerprint density at radius 1 is 0.824 bits per heavy atom. The first-order chi connectivity index (χ1) is 8.11. The predicted octanol–water partition coefficient (Wildman–Crippen LogP) is 3.66. The molecule has 0 aliphatic heterocycles. The number of anilines is 2. The number of nitrogen functional groups attached to an aromatic ring is 2. The highest BCUT2D eigenvalue weighted by atomic mass is 14.6. The molecule has 0 amide bonds. The molecule has 0 fully saturated rings. The number of rotatable bonds is 1. The fourth-order valence-electron chi connectivity index (χ4n) is 1.50. The van der Waals surface area contributed by atoms with Gasteiger partial charge in [-0.05, 0) is 23.6 Å². The normalized spacial score (nSPS) is 9.59. The van der Waals surface area contributed by atoms with Gasteiger partial charge in [-0.25, -0.2) is 0 Å². The van der Waals surface area contributed by atoms with Gasteiger partial charge >= 0.3 is 0 Å². The Balaban J connectivity index is 0.000000202. The molecule has 0 saturated heterocycles. The van der Waals surface area contributed by atoms with Gasteiger partial charge in [-0.3, -0.25) is 0 Å². The van der Waals surface area contributed by atoms with Crippen molar-refractivity contribution >= 4 is 11.4 Å². The van der Waals surface area contributed by atoms with Crippen LogP contribution in [0.1, 0.15) is 25.3 Å². The molecule has 2 aromatic carbocycles. The van der Waals surface area contributed by atoms with Gasteiger partial charge in [0.2, 0.25) is 0 Å². The molecule has 0 unspecified atom stereocenters. The van der Waals surface area contributed by atoms with Gasteiger partial charge in [0, 0.05) is 11.4 Å². The molecule has 17 heavy (non-hydrogen) atoms. The SMILES string of the molecule is CC(C)c1ccc(N)cc1N.c1ccccc1. The van der Waals surface area contributed by atoms with Gasteiger partial charge in [-0.1, -0.05) is 56.3 Å². The summed E-state index contributed by atoms with van der Waals surface area (Å²) in [5.74, 6) is 0.468. The van der Waals surface area contributed by atoms with E-state index in [0.717, 1.165) is 11.4 Å². The van der Waals surface area contributed by atoms with Crippen LogP contribution in [0.3, 0.4) is 0 Å². The first kappa shape index (κ1) is 13.1. The minimum absolute atomic E-state index is 0.468. The Bertz CT molecular complexity index is 409. The minimum Gasteiger partial charge on any atom is -0.399 e. The second-order valence-corrected chi connectivity index (χ2v) is 4.20. The molecule has 90 valence electrons. The molecule has 0 aliphatic rings. The lowest BCUT2D eigenvalue weighted by Gasteiger charge is -2.08. The smallest absolute Gasteiger partial charge is 0.0369 e. The van der Waals surface area contributed by atoms with Crippen LogP contribution < -0.4 is 11.5 Å². The largest absolute Gasteiger partial charge is 0.399 e. The van der Waals surface area contributed by atoms with Crippen molar-refractivity contribution in [3.05, 3.63) is 60.2 Å². The van der Waals surface area contributed by atoms with E-state index in [1.807, 2.05) is 48.5 Å². The topological polar surface area (TPSA) is 52.0 Å². The van der Waals surface area contributed by atoms with E-state index in [0.29, 0.717) is 5.92 Å².